The van der Waals surface area contributed by atoms with Crippen molar-refractivity contribution in [3.05, 3.63) is 23.4 Å². The Morgan fingerprint density at radius 1 is 1.75 bits per heavy atom. The van der Waals surface area contributed by atoms with Crippen molar-refractivity contribution in [3.8, 4) is 11.9 Å². The van der Waals surface area contributed by atoms with Crippen molar-refractivity contribution in [1.82, 2.24) is 4.98 Å². The Bertz CT molecular complexity index is 439. The minimum Gasteiger partial charge on any atom is -0.493 e. The summed E-state index contributed by atoms with van der Waals surface area (Å²) in [5.41, 5.74) is -0.00759. The Balaban J connectivity index is 3.07. The number of carbonyl (C=O) groups excluding carboxylic acids is 1. The Kier molecular flexibility index (Phi) is 3.80. The number of pyridine rings is 1. The molecular weight excluding hydrogens is 212 g/mol. The van der Waals surface area contributed by atoms with Crippen LogP contribution in [0.4, 0.5) is 0 Å². The largest absolute Gasteiger partial charge is 0.493 e. The first-order chi connectivity index (χ1) is 7.60. The number of hydrogen-bond donors (Lipinski definition) is 2. The van der Waals surface area contributed by atoms with Gasteiger partial charge in [-0.1, -0.05) is 0 Å². The van der Waals surface area contributed by atoms with Crippen molar-refractivity contribution in [2.45, 2.75) is 13.0 Å². The quantitative estimate of drug-likeness (QED) is 0.711. The first-order valence-corrected chi connectivity index (χ1v) is 4.53. The van der Waals surface area contributed by atoms with Crippen LogP contribution in [0.3, 0.4) is 0 Å². The lowest BCUT2D eigenvalue weighted by Crippen LogP contribution is -2.16. The zero-order valence-electron chi connectivity index (χ0n) is 8.54. The highest BCUT2D eigenvalue weighted by atomic mass is 16.5. The zero-order chi connectivity index (χ0) is 12.1. The number of carbonyl (C=O) groups is 1. The van der Waals surface area contributed by atoms with Crippen molar-refractivity contribution < 1.29 is 19.7 Å². The van der Waals surface area contributed by atoms with Crippen molar-refractivity contribution in [3.63, 3.8) is 0 Å². The molecule has 0 fully saturated rings. The summed E-state index contributed by atoms with van der Waals surface area (Å²) in [6, 6.07) is 2.81. The van der Waals surface area contributed by atoms with E-state index in [1.165, 1.54) is 0 Å². The number of aromatic hydroxyl groups is 1. The third kappa shape index (κ3) is 2.46. The second-order valence-corrected chi connectivity index (χ2v) is 2.90. The Morgan fingerprint density at radius 2 is 2.44 bits per heavy atom. The zero-order valence-corrected chi connectivity index (χ0v) is 8.54. The van der Waals surface area contributed by atoms with E-state index in [2.05, 4.69) is 9.72 Å². The van der Waals surface area contributed by atoms with E-state index in [9.17, 15) is 9.90 Å². The number of hydrogen-bond acceptors (Lipinski definition) is 6. The van der Waals surface area contributed by atoms with Gasteiger partial charge in [0.15, 0.2) is 6.10 Å². The minimum absolute atomic E-state index is 0.0124. The van der Waals surface area contributed by atoms with Gasteiger partial charge in [-0.05, 0) is 6.92 Å². The van der Waals surface area contributed by atoms with E-state index in [1.54, 1.807) is 13.0 Å². The Morgan fingerprint density at radius 3 is 3.00 bits per heavy atom. The van der Waals surface area contributed by atoms with Gasteiger partial charge in [0.25, 0.3) is 0 Å². The molecule has 1 atom stereocenters. The van der Waals surface area contributed by atoms with E-state index in [0.29, 0.717) is 0 Å². The molecule has 6 nitrogen and oxygen atoms in total. The molecule has 2 N–H and O–H groups in total. The summed E-state index contributed by atoms with van der Waals surface area (Å²) < 4.78 is 4.60. The molecule has 1 aromatic heterocycles. The van der Waals surface area contributed by atoms with E-state index >= 15 is 0 Å². The fourth-order valence-electron chi connectivity index (χ4n) is 1.13. The molecule has 0 amide bonds. The molecule has 0 spiro atoms. The number of ether oxygens (including phenoxy) is 1. The molecule has 0 aliphatic heterocycles. The third-order valence-corrected chi connectivity index (χ3v) is 1.85. The van der Waals surface area contributed by atoms with E-state index in [-0.39, 0.29) is 23.6 Å². The smallest absolute Gasteiger partial charge is 0.339 e. The molecule has 0 aromatic carbocycles. The van der Waals surface area contributed by atoms with Gasteiger partial charge in [-0.15, -0.1) is 0 Å². The van der Waals surface area contributed by atoms with Crippen LogP contribution in [0.1, 0.15) is 24.2 Å². The number of aromatic nitrogens is 1. The molecule has 1 unspecified atom stereocenters. The third-order valence-electron chi connectivity index (χ3n) is 1.85. The van der Waals surface area contributed by atoms with E-state index in [0.717, 1.165) is 12.3 Å². The number of esters is 1. The first-order valence-electron chi connectivity index (χ1n) is 4.53. The number of nitrogens with zero attached hydrogens (tertiary/aromatic N) is 2. The van der Waals surface area contributed by atoms with Crippen molar-refractivity contribution in [1.29, 1.82) is 5.26 Å². The first kappa shape index (κ1) is 11.9. The van der Waals surface area contributed by atoms with Gasteiger partial charge in [-0.25, -0.2) is 9.78 Å². The Labute approximate surface area is 91.7 Å². The van der Waals surface area contributed by atoms with Gasteiger partial charge < -0.3 is 14.9 Å². The molecule has 0 saturated heterocycles. The molecule has 1 rings (SSSR count). The van der Waals surface area contributed by atoms with Gasteiger partial charge in [0.2, 0.25) is 5.88 Å². The average molecular weight is 222 g/mol. The fraction of sp³-hybridized carbons (Fsp3) is 0.300. The molecule has 84 valence electrons. The monoisotopic (exact) mass is 222 g/mol. The van der Waals surface area contributed by atoms with Crippen LogP contribution in [-0.2, 0) is 9.53 Å². The predicted octanol–water partition coefficient (Wildman–Crippen LogP) is 0.255. The van der Waals surface area contributed by atoms with Crippen LogP contribution in [-0.4, -0.2) is 27.8 Å². The van der Waals surface area contributed by atoms with E-state index in [4.69, 9.17) is 10.4 Å². The van der Waals surface area contributed by atoms with Gasteiger partial charge in [0.1, 0.15) is 6.07 Å². The maximum Gasteiger partial charge on any atom is 0.339 e. The summed E-state index contributed by atoms with van der Waals surface area (Å²) in [5, 5.41) is 27.4. The van der Waals surface area contributed by atoms with Crippen molar-refractivity contribution >= 4 is 5.97 Å². The molecular formula is C10H10N2O4. The van der Waals surface area contributed by atoms with Crippen molar-refractivity contribution in [2.24, 2.45) is 0 Å². The highest BCUT2D eigenvalue weighted by Crippen LogP contribution is 2.21. The molecule has 0 saturated carbocycles. The summed E-state index contributed by atoms with van der Waals surface area (Å²) in [5.74, 6) is -1.25. The second-order valence-electron chi connectivity index (χ2n) is 2.90. The molecule has 0 radical (unpaired) electrons. The minimum atomic E-state index is -1.59. The number of rotatable bonds is 3. The molecule has 0 bridgehead atoms. The van der Waals surface area contributed by atoms with Crippen LogP contribution in [0.5, 0.6) is 5.88 Å². The number of aliphatic hydroxyl groups excluding tert-OH is 1. The lowest BCUT2D eigenvalue weighted by atomic mass is 10.1. The summed E-state index contributed by atoms with van der Waals surface area (Å²) in [6.45, 7) is 1.72. The van der Waals surface area contributed by atoms with Gasteiger partial charge in [0, 0.05) is 17.8 Å². The molecule has 1 heterocycles. The molecule has 1 aromatic rings. The predicted molar refractivity (Wildman–Crippen MR) is 52.2 cm³/mol. The van der Waals surface area contributed by atoms with Crippen LogP contribution in [0.25, 0.3) is 0 Å². The number of aliphatic hydroxyl groups is 1. The normalized spacial score (nSPS) is 11.6. The standard InChI is InChI=1S/C10H10N2O4/c1-2-16-10(15)9(14)7-3-8(13)12-5-6(7)4-11/h3,5,9,14H,2H2,1H3,(H,12,13). The lowest BCUT2D eigenvalue weighted by Gasteiger charge is -2.10. The Hall–Kier alpha value is -2.13. The number of nitriles is 1. The average Bonchev–Trinajstić information content (AvgIpc) is 2.28. The molecule has 16 heavy (non-hydrogen) atoms. The van der Waals surface area contributed by atoms with E-state index in [1.807, 2.05) is 0 Å². The lowest BCUT2D eigenvalue weighted by molar-refractivity contribution is -0.153. The maximum atomic E-state index is 11.2. The van der Waals surface area contributed by atoms with Crippen LogP contribution < -0.4 is 0 Å². The highest BCUT2D eigenvalue weighted by Gasteiger charge is 2.22. The van der Waals surface area contributed by atoms with Gasteiger partial charge >= 0.3 is 5.97 Å². The van der Waals surface area contributed by atoms with Crippen LogP contribution >= 0.6 is 0 Å². The van der Waals surface area contributed by atoms with Crippen LogP contribution in [0.2, 0.25) is 0 Å². The van der Waals surface area contributed by atoms with Crippen molar-refractivity contribution in [2.75, 3.05) is 6.61 Å². The van der Waals surface area contributed by atoms with Gasteiger partial charge in [0.05, 0.1) is 12.2 Å². The highest BCUT2D eigenvalue weighted by molar-refractivity contribution is 5.77. The van der Waals surface area contributed by atoms with E-state index < -0.39 is 12.1 Å². The summed E-state index contributed by atoms with van der Waals surface area (Å²) in [6.07, 6.45) is -0.517. The topological polar surface area (TPSA) is 103 Å². The molecule has 0 aliphatic carbocycles. The summed E-state index contributed by atoms with van der Waals surface area (Å²) >= 11 is 0. The van der Waals surface area contributed by atoms with Gasteiger partial charge in [-0.2, -0.15) is 5.26 Å². The molecule has 0 aliphatic rings. The summed E-state index contributed by atoms with van der Waals surface area (Å²) in [4.78, 5) is 14.7. The van der Waals surface area contributed by atoms with Gasteiger partial charge in [-0.3, -0.25) is 0 Å². The summed E-state index contributed by atoms with van der Waals surface area (Å²) in [7, 11) is 0. The fourth-order valence-corrected chi connectivity index (χ4v) is 1.13. The maximum absolute atomic E-state index is 11.2. The second kappa shape index (κ2) is 5.09. The SMILES string of the molecule is CCOC(=O)C(O)c1cc(O)ncc1C#N. The van der Waals surface area contributed by atoms with Crippen LogP contribution in [0.15, 0.2) is 12.3 Å². The molecule has 6 heteroatoms. The van der Waals surface area contributed by atoms with Crippen LogP contribution in [0, 0.1) is 11.3 Å².